The minimum Gasteiger partial charge on any atom is -0.454 e. The van der Waals surface area contributed by atoms with Crippen LogP contribution in [0.15, 0.2) is 71.1 Å². The molecule has 30 heavy (non-hydrogen) atoms. The Kier molecular flexibility index (Phi) is 4.41. The van der Waals surface area contributed by atoms with E-state index in [1.54, 1.807) is 0 Å². The van der Waals surface area contributed by atoms with Gasteiger partial charge < -0.3 is 14.1 Å². The molecule has 3 heteroatoms. The van der Waals surface area contributed by atoms with E-state index in [0.717, 1.165) is 27.6 Å². The molecule has 0 bridgehead atoms. The van der Waals surface area contributed by atoms with E-state index in [1.165, 1.54) is 11.1 Å². The number of aryl methyl sites for hydroxylation is 1. The number of para-hydroxylation sites is 1. The van der Waals surface area contributed by atoms with Crippen molar-refractivity contribution in [1.29, 1.82) is 0 Å². The fraction of sp³-hybridized carbons (Fsp3) is 0.333. The van der Waals surface area contributed by atoms with E-state index in [9.17, 15) is 0 Å². The molecule has 3 atom stereocenters. The molecule has 1 fully saturated rings. The van der Waals surface area contributed by atoms with Gasteiger partial charge in [0.25, 0.3) is 0 Å². The van der Waals surface area contributed by atoms with Crippen molar-refractivity contribution >= 4 is 27.6 Å². The highest BCUT2D eigenvalue weighted by Gasteiger charge is 2.47. The molecule has 2 heterocycles. The van der Waals surface area contributed by atoms with Crippen LogP contribution in [0.5, 0.6) is 0 Å². The standard InChI is InChI=1S/C27H29NO2/c1-17-15-16-21-20-13-9-10-14-22(20)29-25(21)23(17)28-18(2)24(19-11-7-6-8-12-19)30-26(28)27(3,4)5/h6-16,18,24,26H,1-5H3/t18-,24?,26?/m0/s1. The zero-order valence-corrected chi connectivity index (χ0v) is 18.3. The van der Waals surface area contributed by atoms with Crippen molar-refractivity contribution in [3.63, 3.8) is 0 Å². The summed E-state index contributed by atoms with van der Waals surface area (Å²) in [4.78, 5) is 2.46. The Bertz CT molecular complexity index is 1200. The highest BCUT2D eigenvalue weighted by molar-refractivity contribution is 6.09. The average molecular weight is 400 g/mol. The number of benzene rings is 3. The van der Waals surface area contributed by atoms with Crippen molar-refractivity contribution in [2.24, 2.45) is 5.41 Å². The largest absolute Gasteiger partial charge is 0.454 e. The summed E-state index contributed by atoms with van der Waals surface area (Å²) >= 11 is 0. The summed E-state index contributed by atoms with van der Waals surface area (Å²) in [5, 5.41) is 2.32. The summed E-state index contributed by atoms with van der Waals surface area (Å²) in [7, 11) is 0. The molecule has 0 saturated carbocycles. The lowest BCUT2D eigenvalue weighted by Gasteiger charge is -2.37. The predicted octanol–water partition coefficient (Wildman–Crippen LogP) is 7.23. The first-order chi connectivity index (χ1) is 14.4. The van der Waals surface area contributed by atoms with Gasteiger partial charge in [-0.15, -0.1) is 0 Å². The Morgan fingerprint density at radius 2 is 1.53 bits per heavy atom. The minimum atomic E-state index is -0.0600. The molecule has 0 aliphatic carbocycles. The lowest BCUT2D eigenvalue weighted by atomic mass is 9.92. The summed E-state index contributed by atoms with van der Waals surface area (Å²) in [6.07, 6.45) is -0.0512. The normalized spacial score (nSPS) is 22.3. The number of hydrogen-bond donors (Lipinski definition) is 0. The lowest BCUT2D eigenvalue weighted by molar-refractivity contribution is -0.0171. The van der Waals surface area contributed by atoms with Crippen LogP contribution in [0.3, 0.4) is 0 Å². The number of anilines is 1. The molecule has 2 unspecified atom stereocenters. The molecule has 0 radical (unpaired) electrons. The van der Waals surface area contributed by atoms with E-state index in [2.05, 4.69) is 94.1 Å². The zero-order valence-electron chi connectivity index (χ0n) is 18.3. The molecular formula is C27H29NO2. The fourth-order valence-corrected chi connectivity index (χ4v) is 4.81. The Morgan fingerprint density at radius 1 is 0.833 bits per heavy atom. The number of hydrogen-bond acceptors (Lipinski definition) is 3. The van der Waals surface area contributed by atoms with Crippen LogP contribution in [0.2, 0.25) is 0 Å². The second-order valence-electron chi connectivity index (χ2n) is 9.54. The van der Waals surface area contributed by atoms with Crippen molar-refractivity contribution in [3.05, 3.63) is 77.9 Å². The van der Waals surface area contributed by atoms with Gasteiger partial charge >= 0.3 is 0 Å². The molecule has 1 aliphatic heterocycles. The molecule has 1 saturated heterocycles. The quantitative estimate of drug-likeness (QED) is 0.355. The van der Waals surface area contributed by atoms with Crippen LogP contribution in [0.4, 0.5) is 5.69 Å². The van der Waals surface area contributed by atoms with Crippen molar-refractivity contribution in [3.8, 4) is 0 Å². The third-order valence-electron chi connectivity index (χ3n) is 6.25. The third-order valence-corrected chi connectivity index (χ3v) is 6.25. The zero-order chi connectivity index (χ0) is 21.0. The van der Waals surface area contributed by atoms with Gasteiger partial charge in [-0.2, -0.15) is 0 Å². The SMILES string of the molecule is Cc1ccc2c(oc3ccccc32)c1N1C(C(C)(C)C)OC(c2ccccc2)[C@@H]1C. The Balaban J connectivity index is 1.72. The highest BCUT2D eigenvalue weighted by atomic mass is 16.5. The number of furan rings is 1. The maximum Gasteiger partial charge on any atom is 0.159 e. The summed E-state index contributed by atoms with van der Waals surface area (Å²) in [6.45, 7) is 11.2. The van der Waals surface area contributed by atoms with Crippen molar-refractivity contribution in [2.75, 3.05) is 4.90 Å². The van der Waals surface area contributed by atoms with Gasteiger partial charge in [0.1, 0.15) is 17.9 Å². The highest BCUT2D eigenvalue weighted by Crippen LogP contribution is 2.48. The smallest absolute Gasteiger partial charge is 0.159 e. The van der Waals surface area contributed by atoms with E-state index < -0.39 is 0 Å². The molecule has 0 N–H and O–H groups in total. The molecule has 1 aliphatic rings. The fourth-order valence-electron chi connectivity index (χ4n) is 4.81. The molecule has 3 aromatic carbocycles. The summed E-state index contributed by atoms with van der Waals surface area (Å²) in [6, 6.07) is 23.4. The first kappa shape index (κ1) is 19.2. The monoisotopic (exact) mass is 399 g/mol. The van der Waals surface area contributed by atoms with Crippen molar-refractivity contribution < 1.29 is 9.15 Å². The summed E-state index contributed by atoms with van der Waals surface area (Å²) in [5.74, 6) is 0. The van der Waals surface area contributed by atoms with E-state index in [0.29, 0.717) is 0 Å². The molecule has 5 rings (SSSR count). The molecule has 0 spiro atoms. The molecule has 0 amide bonds. The van der Waals surface area contributed by atoms with Gasteiger partial charge in [-0.3, -0.25) is 0 Å². The van der Waals surface area contributed by atoms with E-state index >= 15 is 0 Å². The lowest BCUT2D eigenvalue weighted by Crippen LogP contribution is -2.43. The number of fused-ring (bicyclic) bond motifs is 3. The molecular weight excluding hydrogens is 370 g/mol. The van der Waals surface area contributed by atoms with Gasteiger partial charge in [0.15, 0.2) is 5.58 Å². The van der Waals surface area contributed by atoms with E-state index in [1.807, 2.05) is 12.1 Å². The van der Waals surface area contributed by atoms with Crippen LogP contribution >= 0.6 is 0 Å². The summed E-state index contributed by atoms with van der Waals surface area (Å²) < 4.78 is 13.2. The maximum atomic E-state index is 6.75. The van der Waals surface area contributed by atoms with E-state index in [4.69, 9.17) is 9.15 Å². The van der Waals surface area contributed by atoms with Crippen LogP contribution in [-0.4, -0.2) is 12.3 Å². The average Bonchev–Trinajstić information content (AvgIpc) is 3.26. The van der Waals surface area contributed by atoms with Gasteiger partial charge in [0.05, 0.1) is 11.7 Å². The number of ether oxygens (including phenoxy) is 1. The van der Waals surface area contributed by atoms with Crippen LogP contribution in [0.1, 0.15) is 44.9 Å². The van der Waals surface area contributed by atoms with Crippen LogP contribution in [0, 0.1) is 12.3 Å². The topological polar surface area (TPSA) is 25.6 Å². The number of nitrogens with zero attached hydrogens (tertiary/aromatic N) is 1. The van der Waals surface area contributed by atoms with Crippen molar-refractivity contribution in [1.82, 2.24) is 0 Å². The van der Waals surface area contributed by atoms with Gasteiger partial charge in [0, 0.05) is 16.2 Å². The Hall–Kier alpha value is -2.78. The first-order valence-electron chi connectivity index (χ1n) is 10.8. The van der Waals surface area contributed by atoms with Gasteiger partial charge in [-0.05, 0) is 31.0 Å². The Labute approximate surface area is 178 Å². The number of rotatable bonds is 2. The third kappa shape index (κ3) is 2.92. The van der Waals surface area contributed by atoms with Crippen LogP contribution in [0.25, 0.3) is 21.9 Å². The second-order valence-corrected chi connectivity index (χ2v) is 9.54. The van der Waals surface area contributed by atoms with E-state index in [-0.39, 0.29) is 23.8 Å². The van der Waals surface area contributed by atoms with Crippen LogP contribution in [-0.2, 0) is 4.74 Å². The molecule has 3 nitrogen and oxygen atoms in total. The van der Waals surface area contributed by atoms with Crippen molar-refractivity contribution in [2.45, 2.75) is 53.0 Å². The molecule has 154 valence electrons. The minimum absolute atomic E-state index is 0.00876. The Morgan fingerprint density at radius 3 is 2.27 bits per heavy atom. The molecule has 1 aromatic heterocycles. The van der Waals surface area contributed by atoms with Gasteiger partial charge in [-0.1, -0.05) is 81.4 Å². The summed E-state index contributed by atoms with van der Waals surface area (Å²) in [5.41, 5.74) is 5.40. The molecule has 4 aromatic rings. The predicted molar refractivity (Wildman–Crippen MR) is 124 cm³/mol. The first-order valence-corrected chi connectivity index (χ1v) is 10.8. The van der Waals surface area contributed by atoms with Gasteiger partial charge in [0.2, 0.25) is 0 Å². The van der Waals surface area contributed by atoms with Crippen LogP contribution < -0.4 is 4.90 Å². The second kappa shape index (κ2) is 6.88. The van der Waals surface area contributed by atoms with Gasteiger partial charge in [-0.25, -0.2) is 0 Å². The maximum absolute atomic E-state index is 6.75.